The molecule has 1 N–H and O–H groups in total. The fraction of sp³-hybridized carbons (Fsp3) is 0.177. The molecule has 6 aromatic rings. The quantitative estimate of drug-likeness (QED) is 0.0942. The normalized spacial score (nSPS) is 15.6. The molecule has 0 spiro atoms. The Labute approximate surface area is 450 Å². The number of carboxylic acid groups (broad SMARTS) is 1. The predicted octanol–water partition coefficient (Wildman–Crippen LogP) is 14.3. The molecule has 8 nitrogen and oxygen atoms in total. The van der Waals surface area contributed by atoms with Gasteiger partial charge in [-0.15, -0.1) is 11.8 Å². The van der Waals surface area contributed by atoms with E-state index in [0.29, 0.717) is 11.1 Å². The highest BCUT2D eigenvalue weighted by molar-refractivity contribution is 7.98. The molecular formula is C62H55F3O8S3. The zero-order valence-corrected chi connectivity index (χ0v) is 45.6. The second kappa shape index (κ2) is 25.0. The molecule has 390 valence electrons. The Balaban J connectivity index is 0.000000166. The van der Waals surface area contributed by atoms with Gasteiger partial charge < -0.3 is 14.6 Å². The van der Waals surface area contributed by atoms with Crippen molar-refractivity contribution in [2.75, 3.05) is 33.0 Å². The summed E-state index contributed by atoms with van der Waals surface area (Å²) < 4.78 is 74.0. The van der Waals surface area contributed by atoms with Crippen LogP contribution in [-0.2, 0) is 45.5 Å². The molecule has 0 unspecified atom stereocenters. The van der Waals surface area contributed by atoms with Gasteiger partial charge in [0.15, 0.2) is 0 Å². The first kappa shape index (κ1) is 56.3. The van der Waals surface area contributed by atoms with Crippen molar-refractivity contribution in [1.29, 1.82) is 0 Å². The number of carbonyl (C=O) groups excluding carboxylic acids is 2. The average Bonchev–Trinajstić information content (AvgIpc) is 3.93. The molecule has 0 radical (unpaired) electrons. The van der Waals surface area contributed by atoms with Gasteiger partial charge in [-0.05, 0) is 218 Å². The van der Waals surface area contributed by atoms with Crippen LogP contribution in [0.4, 0.5) is 13.2 Å². The van der Waals surface area contributed by atoms with E-state index in [4.69, 9.17) is 9.47 Å². The van der Waals surface area contributed by atoms with Gasteiger partial charge in [-0.25, -0.2) is 13.2 Å². The number of aliphatic carboxylic acids is 1. The minimum atomic E-state index is -1.04. The highest BCUT2D eigenvalue weighted by Gasteiger charge is 2.28. The Morgan fingerprint density at radius 2 is 0.789 bits per heavy atom. The molecule has 0 aliphatic heterocycles. The molecule has 0 saturated heterocycles. The molecule has 14 heteroatoms. The molecule has 2 atom stereocenters. The summed E-state index contributed by atoms with van der Waals surface area (Å²) in [6.45, 7) is 5.76. The molecule has 76 heavy (non-hydrogen) atoms. The number of esters is 2. The second-order valence-electron chi connectivity index (χ2n) is 18.0. The lowest BCUT2D eigenvalue weighted by molar-refractivity contribution is -0.140. The molecule has 0 aromatic heterocycles. The summed E-state index contributed by atoms with van der Waals surface area (Å²) in [7, 11) is 0.657. The Bertz CT molecular complexity index is 3510. The van der Waals surface area contributed by atoms with Gasteiger partial charge in [0.1, 0.15) is 17.5 Å². The number of methoxy groups -OCH3 is 2. The maximum absolute atomic E-state index is 13.8. The molecule has 6 aromatic carbocycles. The fourth-order valence-electron chi connectivity index (χ4n) is 9.24. The number of allylic oxidation sites excluding steroid dienone is 6. The number of halogens is 3. The number of hydrogen-bond acceptors (Lipinski definition) is 8. The maximum Gasteiger partial charge on any atom is 0.310 e. The van der Waals surface area contributed by atoms with Crippen LogP contribution in [0.5, 0.6) is 0 Å². The molecule has 0 amide bonds. The Kier molecular flexibility index (Phi) is 18.5. The zero-order chi connectivity index (χ0) is 55.0. The third-order valence-corrected chi connectivity index (χ3v) is 15.9. The minimum Gasteiger partial charge on any atom is -0.481 e. The van der Waals surface area contributed by atoms with Crippen molar-refractivity contribution in [3.8, 4) is 0 Å². The van der Waals surface area contributed by atoms with E-state index in [0.717, 1.165) is 98.9 Å². The van der Waals surface area contributed by atoms with Crippen LogP contribution in [0, 0.1) is 17.5 Å². The predicted molar refractivity (Wildman–Crippen MR) is 302 cm³/mol. The van der Waals surface area contributed by atoms with Crippen LogP contribution in [0.3, 0.4) is 0 Å². The van der Waals surface area contributed by atoms with Gasteiger partial charge in [0.05, 0.1) is 33.5 Å². The molecule has 9 rings (SSSR count). The third-order valence-electron chi connectivity index (χ3n) is 13.3. The monoisotopic (exact) mass is 1080 g/mol. The number of hydrogen-bond donors (Lipinski definition) is 1. The first-order valence-electron chi connectivity index (χ1n) is 23.8. The summed E-state index contributed by atoms with van der Waals surface area (Å²) in [5.74, 6) is -2.50. The lowest BCUT2D eigenvalue weighted by Gasteiger charge is -2.05. The summed E-state index contributed by atoms with van der Waals surface area (Å²) in [6.07, 6.45) is 11.4. The lowest BCUT2D eigenvalue weighted by Crippen LogP contribution is -2.01. The van der Waals surface area contributed by atoms with Gasteiger partial charge in [-0.1, -0.05) is 54.6 Å². The Morgan fingerprint density at radius 3 is 1.07 bits per heavy atom. The number of benzene rings is 6. The summed E-state index contributed by atoms with van der Waals surface area (Å²) in [6, 6.07) is 36.6. The van der Waals surface area contributed by atoms with Crippen LogP contribution in [0.25, 0.3) is 51.7 Å². The van der Waals surface area contributed by atoms with Crippen molar-refractivity contribution < 1.29 is 50.6 Å². The minimum absolute atomic E-state index is 0.102. The maximum atomic E-state index is 13.8. The molecule has 0 saturated carbocycles. The van der Waals surface area contributed by atoms with Gasteiger partial charge in [0, 0.05) is 48.8 Å². The molecule has 0 heterocycles. The van der Waals surface area contributed by atoms with Crippen LogP contribution < -0.4 is 0 Å². The van der Waals surface area contributed by atoms with Crippen molar-refractivity contribution in [3.63, 3.8) is 0 Å². The van der Waals surface area contributed by atoms with Crippen LogP contribution >= 0.6 is 11.8 Å². The fourth-order valence-corrected chi connectivity index (χ4v) is 10.7. The second-order valence-corrected chi connectivity index (χ2v) is 21.6. The van der Waals surface area contributed by atoms with Crippen LogP contribution in [0.15, 0.2) is 159 Å². The number of carbonyl (C=O) groups is 3. The molecule has 3 aliphatic rings. The van der Waals surface area contributed by atoms with E-state index in [9.17, 15) is 41.1 Å². The van der Waals surface area contributed by atoms with Gasteiger partial charge in [0.25, 0.3) is 0 Å². The third kappa shape index (κ3) is 13.2. The number of thioether (sulfide) groups is 1. The van der Waals surface area contributed by atoms with Crippen LogP contribution in [0.1, 0.15) is 90.1 Å². The first-order valence-corrected chi connectivity index (χ1v) is 28.2. The average molecular weight is 1080 g/mol. The lowest BCUT2D eigenvalue weighted by atomic mass is 10.0. The van der Waals surface area contributed by atoms with E-state index in [-0.39, 0.29) is 48.7 Å². The van der Waals surface area contributed by atoms with Gasteiger partial charge in [0.2, 0.25) is 0 Å². The zero-order valence-electron chi connectivity index (χ0n) is 43.1. The summed E-state index contributed by atoms with van der Waals surface area (Å²) in [5, 5.41) is 9.17. The van der Waals surface area contributed by atoms with Crippen molar-refractivity contribution in [2.24, 2.45) is 0 Å². The van der Waals surface area contributed by atoms with Crippen molar-refractivity contribution >= 4 is 103 Å². The Morgan fingerprint density at radius 1 is 0.487 bits per heavy atom. The number of rotatable bonds is 12. The summed E-state index contributed by atoms with van der Waals surface area (Å²) in [5.41, 5.74) is 15.5. The van der Waals surface area contributed by atoms with E-state index < -0.39 is 27.6 Å². The van der Waals surface area contributed by atoms with Gasteiger partial charge >= 0.3 is 17.9 Å². The molecule has 0 fully saturated rings. The van der Waals surface area contributed by atoms with Crippen LogP contribution in [0.2, 0.25) is 0 Å². The molecule has 3 aliphatic carbocycles. The van der Waals surface area contributed by atoms with Crippen LogP contribution in [-0.4, -0.2) is 64.4 Å². The number of ether oxygens (including phenoxy) is 2. The van der Waals surface area contributed by atoms with Crippen molar-refractivity contribution in [1.82, 2.24) is 0 Å². The highest BCUT2D eigenvalue weighted by Crippen LogP contribution is 2.46. The molecule has 0 bridgehead atoms. The SMILES string of the molecule is CC1=C(CC(=O)O)c2ccc(F)cc2/C1=C\c1ccc([S@@](C)=O)cc1.COC(=O)CC1=C(C)/C(=C/c2ccc(SC)cc2)c2cc(F)ccc21.COC(=O)CC1=C(C)/C(=C/c2ccc([S@@](C)=O)cc2)c2cc(F)ccc21. The van der Waals surface area contributed by atoms with E-state index >= 15 is 0 Å². The standard InChI is InChI=1S/C21H19FO3S.C21H19FO2S.C20H17FO3S/c1-13-18(10-14-4-7-16(8-5-14)26(3)24)20-11-15(22)6-9-17(20)19(13)12-21(23)25-2;1-13-18(10-14-4-7-16(25-3)8-5-14)20-11-15(22)6-9-17(20)19(13)12-21(23)24-2;1-12-17(9-13-3-6-15(7-4-13)25(2)24)19-10-14(21)5-8-16(19)18(12)11-20(22)23/h4-11H,12H2,1-3H3;4-11H,12H2,1-3H3;3-10H,11H2,1-2H3,(H,22,23)/b2*18-10-;17-9-/t26-;;25-/m1.1/s1. The largest absolute Gasteiger partial charge is 0.481 e. The van der Waals surface area contributed by atoms with E-state index in [1.807, 2.05) is 93.8 Å². The van der Waals surface area contributed by atoms with Crippen molar-refractivity contribution in [3.05, 3.63) is 212 Å². The Hall–Kier alpha value is -7.39. The number of carboxylic acids is 1. The highest BCUT2D eigenvalue weighted by atomic mass is 32.2. The first-order chi connectivity index (χ1) is 36.3. The van der Waals surface area contributed by atoms with Gasteiger partial charge in [-0.2, -0.15) is 0 Å². The number of fused-ring (bicyclic) bond motifs is 3. The summed E-state index contributed by atoms with van der Waals surface area (Å²) in [4.78, 5) is 37.4. The van der Waals surface area contributed by atoms with E-state index in [1.54, 1.807) is 54.6 Å². The summed E-state index contributed by atoms with van der Waals surface area (Å²) >= 11 is 1.69. The molecular weight excluding hydrogens is 1030 g/mol. The van der Waals surface area contributed by atoms with E-state index in [1.165, 1.54) is 55.5 Å². The van der Waals surface area contributed by atoms with Gasteiger partial charge in [-0.3, -0.25) is 22.8 Å². The van der Waals surface area contributed by atoms with E-state index in [2.05, 4.69) is 12.1 Å². The smallest absolute Gasteiger partial charge is 0.310 e. The topological polar surface area (TPSA) is 124 Å². The van der Waals surface area contributed by atoms with Crippen molar-refractivity contribution in [2.45, 2.75) is 54.7 Å².